The minimum absolute atomic E-state index is 0.143. The van der Waals surface area contributed by atoms with E-state index in [-0.39, 0.29) is 6.04 Å². The molecule has 98 valence electrons. The van der Waals surface area contributed by atoms with Gasteiger partial charge >= 0.3 is 0 Å². The molecule has 0 saturated heterocycles. The molecule has 0 saturated carbocycles. The van der Waals surface area contributed by atoms with Crippen LogP contribution in [0.15, 0.2) is 24.3 Å². The zero-order valence-electron chi connectivity index (χ0n) is 11.0. The highest BCUT2D eigenvalue weighted by Crippen LogP contribution is 2.18. The quantitative estimate of drug-likeness (QED) is 0.767. The highest BCUT2D eigenvalue weighted by molar-refractivity contribution is 5.32. The zero-order valence-corrected chi connectivity index (χ0v) is 11.0. The van der Waals surface area contributed by atoms with E-state index < -0.39 is 0 Å². The average molecular weight is 248 g/mol. The van der Waals surface area contributed by atoms with Crippen LogP contribution in [0.1, 0.15) is 19.8 Å². The molecular weight excluding hydrogens is 228 g/mol. The first kappa shape index (κ1) is 14.3. The lowest BCUT2D eigenvalue weighted by molar-refractivity contribution is 0.296. The molecule has 0 amide bonds. The maximum absolute atomic E-state index is 8.94. The van der Waals surface area contributed by atoms with Gasteiger partial charge in [-0.1, -0.05) is 13.0 Å². The van der Waals surface area contributed by atoms with Crippen LogP contribution in [0.4, 0.5) is 0 Å². The molecule has 0 fully saturated rings. The van der Waals surface area contributed by atoms with E-state index in [0.717, 1.165) is 24.5 Å². The molecule has 4 heteroatoms. The summed E-state index contributed by atoms with van der Waals surface area (Å²) in [6, 6.07) is 9.55. The summed E-state index contributed by atoms with van der Waals surface area (Å²) in [6.45, 7) is 3.45. The van der Waals surface area contributed by atoms with Gasteiger partial charge in [0.1, 0.15) is 11.5 Å². The number of benzene rings is 1. The summed E-state index contributed by atoms with van der Waals surface area (Å²) >= 11 is 0. The molecule has 0 aliphatic rings. The number of rotatable bonds is 8. The summed E-state index contributed by atoms with van der Waals surface area (Å²) in [6.07, 6.45) is 1.70. The van der Waals surface area contributed by atoms with Gasteiger partial charge in [-0.2, -0.15) is 5.26 Å². The third kappa shape index (κ3) is 5.07. The number of hydrogen-bond donors (Lipinski definition) is 1. The summed E-state index contributed by atoms with van der Waals surface area (Å²) in [4.78, 5) is 0. The van der Waals surface area contributed by atoms with Crippen molar-refractivity contribution in [2.75, 3.05) is 20.3 Å². The van der Waals surface area contributed by atoms with Crippen LogP contribution < -0.4 is 14.8 Å². The van der Waals surface area contributed by atoms with Crippen LogP contribution in [-0.4, -0.2) is 26.3 Å². The minimum atomic E-state index is -0.143. The van der Waals surface area contributed by atoms with Gasteiger partial charge < -0.3 is 14.8 Å². The number of hydrogen-bond acceptors (Lipinski definition) is 4. The van der Waals surface area contributed by atoms with Crippen molar-refractivity contribution < 1.29 is 9.47 Å². The van der Waals surface area contributed by atoms with E-state index in [4.69, 9.17) is 14.7 Å². The van der Waals surface area contributed by atoms with Crippen molar-refractivity contribution in [1.82, 2.24) is 5.32 Å². The second-order valence-electron chi connectivity index (χ2n) is 3.95. The molecule has 0 radical (unpaired) electrons. The van der Waals surface area contributed by atoms with Gasteiger partial charge in [0.15, 0.2) is 0 Å². The standard InChI is InChI=1S/C14H20N2O2/c1-3-8-16-12(11-15)7-9-18-14-6-4-5-13(10-14)17-2/h4-6,10,12,16H,3,7-9H2,1-2H3. The van der Waals surface area contributed by atoms with Crippen molar-refractivity contribution in [2.45, 2.75) is 25.8 Å². The lowest BCUT2D eigenvalue weighted by Crippen LogP contribution is -2.29. The first-order valence-corrected chi connectivity index (χ1v) is 6.20. The van der Waals surface area contributed by atoms with Crippen molar-refractivity contribution in [1.29, 1.82) is 5.26 Å². The maximum Gasteiger partial charge on any atom is 0.122 e. The smallest absolute Gasteiger partial charge is 0.122 e. The predicted molar refractivity (Wildman–Crippen MR) is 70.8 cm³/mol. The minimum Gasteiger partial charge on any atom is -0.497 e. The Bertz CT molecular complexity index is 388. The van der Waals surface area contributed by atoms with Crippen LogP contribution in [0.3, 0.4) is 0 Å². The molecule has 0 spiro atoms. The Kier molecular flexibility index (Phi) is 6.67. The van der Waals surface area contributed by atoms with Gasteiger partial charge in [0.2, 0.25) is 0 Å². The maximum atomic E-state index is 8.94. The van der Waals surface area contributed by atoms with Gasteiger partial charge in [-0.15, -0.1) is 0 Å². The van der Waals surface area contributed by atoms with Gasteiger partial charge in [-0.3, -0.25) is 0 Å². The summed E-state index contributed by atoms with van der Waals surface area (Å²) in [5.41, 5.74) is 0. The second kappa shape index (κ2) is 8.37. The normalized spacial score (nSPS) is 11.6. The average Bonchev–Trinajstić information content (AvgIpc) is 2.43. The van der Waals surface area contributed by atoms with Crippen molar-refractivity contribution in [3.05, 3.63) is 24.3 Å². The van der Waals surface area contributed by atoms with Crippen molar-refractivity contribution in [3.63, 3.8) is 0 Å². The fraction of sp³-hybridized carbons (Fsp3) is 0.500. The number of ether oxygens (including phenoxy) is 2. The number of methoxy groups -OCH3 is 1. The lowest BCUT2D eigenvalue weighted by Gasteiger charge is -2.12. The highest BCUT2D eigenvalue weighted by Gasteiger charge is 2.06. The first-order chi connectivity index (χ1) is 8.80. The van der Waals surface area contributed by atoms with E-state index in [1.807, 2.05) is 24.3 Å². The fourth-order valence-electron chi connectivity index (χ4n) is 1.52. The number of nitriles is 1. The second-order valence-corrected chi connectivity index (χ2v) is 3.95. The van der Waals surface area contributed by atoms with E-state index in [1.54, 1.807) is 7.11 Å². The first-order valence-electron chi connectivity index (χ1n) is 6.20. The van der Waals surface area contributed by atoms with Gasteiger partial charge in [-0.05, 0) is 25.1 Å². The highest BCUT2D eigenvalue weighted by atomic mass is 16.5. The lowest BCUT2D eigenvalue weighted by atomic mass is 10.2. The van der Waals surface area contributed by atoms with Gasteiger partial charge in [0, 0.05) is 12.5 Å². The van der Waals surface area contributed by atoms with E-state index in [1.165, 1.54) is 0 Å². The largest absolute Gasteiger partial charge is 0.497 e. The molecule has 1 aromatic carbocycles. The topological polar surface area (TPSA) is 54.3 Å². The van der Waals surface area contributed by atoms with E-state index in [9.17, 15) is 0 Å². The van der Waals surface area contributed by atoms with Crippen LogP contribution in [-0.2, 0) is 0 Å². The molecule has 0 aliphatic heterocycles. The Morgan fingerprint density at radius 1 is 1.39 bits per heavy atom. The molecule has 1 atom stereocenters. The molecule has 1 unspecified atom stereocenters. The van der Waals surface area contributed by atoms with Crippen LogP contribution in [0.25, 0.3) is 0 Å². The van der Waals surface area contributed by atoms with Gasteiger partial charge in [0.05, 0.1) is 25.8 Å². The molecule has 0 aromatic heterocycles. The Labute approximate surface area is 109 Å². The Hall–Kier alpha value is -1.73. The molecule has 1 rings (SSSR count). The summed E-state index contributed by atoms with van der Waals surface area (Å²) in [5.74, 6) is 1.54. The monoisotopic (exact) mass is 248 g/mol. The molecule has 0 heterocycles. The van der Waals surface area contributed by atoms with Crippen molar-refractivity contribution in [2.24, 2.45) is 0 Å². The van der Waals surface area contributed by atoms with E-state index in [0.29, 0.717) is 13.0 Å². The molecule has 1 aromatic rings. The van der Waals surface area contributed by atoms with Crippen LogP contribution in [0.2, 0.25) is 0 Å². The van der Waals surface area contributed by atoms with Crippen LogP contribution in [0, 0.1) is 11.3 Å². The number of nitrogens with one attached hydrogen (secondary N) is 1. The SMILES string of the molecule is CCCNC(C#N)CCOc1cccc(OC)c1. The molecule has 0 aliphatic carbocycles. The zero-order chi connectivity index (χ0) is 13.2. The summed E-state index contributed by atoms with van der Waals surface area (Å²) in [5, 5.41) is 12.1. The van der Waals surface area contributed by atoms with E-state index >= 15 is 0 Å². The van der Waals surface area contributed by atoms with Gasteiger partial charge in [-0.25, -0.2) is 0 Å². The van der Waals surface area contributed by atoms with Gasteiger partial charge in [0.25, 0.3) is 0 Å². The summed E-state index contributed by atoms with van der Waals surface area (Å²) < 4.78 is 10.7. The Balaban J connectivity index is 2.33. The van der Waals surface area contributed by atoms with Crippen molar-refractivity contribution >= 4 is 0 Å². The molecular formula is C14H20N2O2. The fourth-order valence-corrected chi connectivity index (χ4v) is 1.52. The van der Waals surface area contributed by atoms with Crippen LogP contribution in [0.5, 0.6) is 11.5 Å². The molecule has 18 heavy (non-hydrogen) atoms. The van der Waals surface area contributed by atoms with Crippen molar-refractivity contribution in [3.8, 4) is 17.6 Å². The predicted octanol–water partition coefficient (Wildman–Crippen LogP) is 2.36. The molecule has 0 bridgehead atoms. The van der Waals surface area contributed by atoms with Crippen LogP contribution >= 0.6 is 0 Å². The summed E-state index contributed by atoms with van der Waals surface area (Å²) in [7, 11) is 1.62. The van der Waals surface area contributed by atoms with E-state index in [2.05, 4.69) is 18.3 Å². The third-order valence-electron chi connectivity index (χ3n) is 2.51. The third-order valence-corrected chi connectivity index (χ3v) is 2.51. The number of nitrogens with zero attached hydrogens (tertiary/aromatic N) is 1. The molecule has 1 N–H and O–H groups in total. The Morgan fingerprint density at radius 3 is 2.83 bits per heavy atom. The molecule has 4 nitrogen and oxygen atoms in total. The Morgan fingerprint density at radius 2 is 2.17 bits per heavy atom.